The highest BCUT2D eigenvalue weighted by Crippen LogP contribution is 2.25. The van der Waals surface area contributed by atoms with E-state index in [1.807, 2.05) is 0 Å². The third-order valence-electron chi connectivity index (χ3n) is 3.43. The van der Waals surface area contributed by atoms with Crippen LogP contribution in [0.15, 0.2) is 6.07 Å². The number of anilines is 2. The van der Waals surface area contributed by atoms with Crippen LogP contribution in [0.5, 0.6) is 0 Å². The van der Waals surface area contributed by atoms with E-state index < -0.39 is 0 Å². The smallest absolute Gasteiger partial charge is 0.158 e. The standard InChI is InChI=1S/C13H22N4O/c1-9-3-5-10(6-4-9)15-12-7-11(14)16-13(17-12)8-18-2/h7,9-10H,3-6,8H2,1-2H3,(H3,14,15,16,17). The van der Waals surface area contributed by atoms with Gasteiger partial charge in [-0.25, -0.2) is 9.97 Å². The molecule has 100 valence electrons. The van der Waals surface area contributed by atoms with Crippen molar-refractivity contribution >= 4 is 11.6 Å². The van der Waals surface area contributed by atoms with Crippen molar-refractivity contribution in [1.82, 2.24) is 9.97 Å². The molecule has 0 saturated heterocycles. The first kappa shape index (κ1) is 13.1. The molecule has 1 aromatic heterocycles. The monoisotopic (exact) mass is 250 g/mol. The van der Waals surface area contributed by atoms with Crippen LogP contribution in [0.3, 0.4) is 0 Å². The van der Waals surface area contributed by atoms with Crippen molar-refractivity contribution < 1.29 is 4.74 Å². The van der Waals surface area contributed by atoms with E-state index in [0.29, 0.717) is 24.3 Å². The summed E-state index contributed by atoms with van der Waals surface area (Å²) in [5.74, 6) is 2.78. The van der Waals surface area contributed by atoms with Crippen molar-refractivity contribution in [3.8, 4) is 0 Å². The Morgan fingerprint density at radius 3 is 2.72 bits per heavy atom. The topological polar surface area (TPSA) is 73.1 Å². The molecule has 0 unspecified atom stereocenters. The number of ether oxygens (including phenoxy) is 1. The molecule has 5 nitrogen and oxygen atoms in total. The molecular weight excluding hydrogens is 228 g/mol. The maximum absolute atomic E-state index is 5.77. The Balaban J connectivity index is 2.00. The third-order valence-corrected chi connectivity index (χ3v) is 3.43. The van der Waals surface area contributed by atoms with Gasteiger partial charge in [0.1, 0.15) is 18.2 Å². The normalized spacial score (nSPS) is 23.9. The Kier molecular flexibility index (Phi) is 4.36. The van der Waals surface area contributed by atoms with E-state index in [1.165, 1.54) is 25.7 Å². The lowest BCUT2D eigenvalue weighted by molar-refractivity contribution is 0.178. The first-order valence-corrected chi connectivity index (χ1v) is 6.56. The van der Waals surface area contributed by atoms with Crippen LogP contribution in [-0.2, 0) is 11.3 Å². The first-order valence-electron chi connectivity index (χ1n) is 6.56. The molecule has 1 aliphatic carbocycles. The summed E-state index contributed by atoms with van der Waals surface area (Å²) in [6.07, 6.45) is 4.96. The van der Waals surface area contributed by atoms with Crippen molar-refractivity contribution in [3.63, 3.8) is 0 Å². The van der Waals surface area contributed by atoms with Gasteiger partial charge in [0, 0.05) is 19.2 Å². The molecule has 0 radical (unpaired) electrons. The second-order valence-electron chi connectivity index (χ2n) is 5.13. The van der Waals surface area contributed by atoms with Gasteiger partial charge < -0.3 is 15.8 Å². The zero-order chi connectivity index (χ0) is 13.0. The van der Waals surface area contributed by atoms with Crippen molar-refractivity contribution in [2.24, 2.45) is 5.92 Å². The van der Waals surface area contributed by atoms with Crippen LogP contribution in [0.1, 0.15) is 38.4 Å². The van der Waals surface area contributed by atoms with Gasteiger partial charge in [0.15, 0.2) is 5.82 Å². The van der Waals surface area contributed by atoms with Gasteiger partial charge in [-0.3, -0.25) is 0 Å². The molecular formula is C13H22N4O. The summed E-state index contributed by atoms with van der Waals surface area (Å²) >= 11 is 0. The quantitative estimate of drug-likeness (QED) is 0.857. The Morgan fingerprint density at radius 2 is 2.06 bits per heavy atom. The lowest BCUT2D eigenvalue weighted by Crippen LogP contribution is -2.26. The van der Waals surface area contributed by atoms with E-state index in [2.05, 4.69) is 22.2 Å². The van der Waals surface area contributed by atoms with Crippen molar-refractivity contribution in [1.29, 1.82) is 0 Å². The van der Waals surface area contributed by atoms with Crippen molar-refractivity contribution in [2.45, 2.75) is 45.3 Å². The number of hydrogen-bond donors (Lipinski definition) is 2. The molecule has 0 aromatic carbocycles. The van der Waals surface area contributed by atoms with Gasteiger partial charge in [-0.2, -0.15) is 0 Å². The number of nitrogens with two attached hydrogens (primary N) is 1. The van der Waals surface area contributed by atoms with Gasteiger partial charge in [-0.05, 0) is 31.6 Å². The Hall–Kier alpha value is -1.36. The van der Waals surface area contributed by atoms with Gasteiger partial charge in [0.05, 0.1) is 0 Å². The van der Waals surface area contributed by atoms with E-state index >= 15 is 0 Å². The second-order valence-corrected chi connectivity index (χ2v) is 5.13. The molecule has 0 spiro atoms. The SMILES string of the molecule is COCc1nc(N)cc(NC2CCC(C)CC2)n1. The molecule has 3 N–H and O–H groups in total. The third kappa shape index (κ3) is 3.57. The van der Waals surface area contributed by atoms with Crippen LogP contribution < -0.4 is 11.1 Å². The van der Waals surface area contributed by atoms with E-state index in [4.69, 9.17) is 10.5 Å². The number of nitrogens with zero attached hydrogens (tertiary/aromatic N) is 2. The van der Waals surface area contributed by atoms with E-state index in [1.54, 1.807) is 13.2 Å². The number of aromatic nitrogens is 2. The Labute approximate surface area is 108 Å². The summed E-state index contributed by atoms with van der Waals surface area (Å²) in [6.45, 7) is 2.71. The maximum Gasteiger partial charge on any atom is 0.158 e. The fraction of sp³-hybridized carbons (Fsp3) is 0.692. The van der Waals surface area contributed by atoms with Crippen LogP contribution in [0.4, 0.5) is 11.6 Å². The lowest BCUT2D eigenvalue weighted by atomic mass is 9.87. The number of nitrogens with one attached hydrogen (secondary N) is 1. The zero-order valence-corrected chi connectivity index (χ0v) is 11.1. The molecule has 5 heteroatoms. The van der Waals surface area contributed by atoms with E-state index in [0.717, 1.165) is 11.7 Å². The summed E-state index contributed by atoms with van der Waals surface area (Å²) in [7, 11) is 1.63. The molecule has 1 aliphatic rings. The summed E-state index contributed by atoms with van der Waals surface area (Å²) < 4.78 is 5.03. The Morgan fingerprint density at radius 1 is 1.33 bits per heavy atom. The van der Waals surface area contributed by atoms with Gasteiger partial charge in [0.25, 0.3) is 0 Å². The van der Waals surface area contributed by atoms with Crippen LogP contribution in [-0.4, -0.2) is 23.1 Å². The van der Waals surface area contributed by atoms with Gasteiger partial charge in [-0.1, -0.05) is 6.92 Å². The van der Waals surface area contributed by atoms with Crippen molar-refractivity contribution in [2.75, 3.05) is 18.2 Å². The van der Waals surface area contributed by atoms with Crippen molar-refractivity contribution in [3.05, 3.63) is 11.9 Å². The number of rotatable bonds is 4. The summed E-state index contributed by atoms with van der Waals surface area (Å²) in [5, 5.41) is 3.45. The minimum absolute atomic E-state index is 0.390. The van der Waals surface area contributed by atoms with E-state index in [9.17, 15) is 0 Å². The van der Waals surface area contributed by atoms with Gasteiger partial charge in [0.2, 0.25) is 0 Å². The van der Waals surface area contributed by atoms with Crippen LogP contribution >= 0.6 is 0 Å². The molecule has 1 heterocycles. The largest absolute Gasteiger partial charge is 0.384 e. The number of methoxy groups -OCH3 is 1. The summed E-state index contributed by atoms with van der Waals surface area (Å²) in [6, 6.07) is 2.29. The fourth-order valence-electron chi connectivity index (χ4n) is 2.40. The average Bonchev–Trinajstić information content (AvgIpc) is 2.32. The molecule has 0 aliphatic heterocycles. The minimum Gasteiger partial charge on any atom is -0.384 e. The molecule has 2 rings (SSSR count). The Bertz CT molecular complexity index is 389. The molecule has 1 aromatic rings. The second kappa shape index (κ2) is 6.00. The summed E-state index contributed by atoms with van der Waals surface area (Å²) in [4.78, 5) is 8.54. The predicted molar refractivity (Wildman–Crippen MR) is 72.2 cm³/mol. The van der Waals surface area contributed by atoms with E-state index in [-0.39, 0.29) is 0 Å². The molecule has 18 heavy (non-hydrogen) atoms. The zero-order valence-electron chi connectivity index (χ0n) is 11.1. The predicted octanol–water partition coefficient (Wildman–Crippen LogP) is 2.20. The van der Waals surface area contributed by atoms with Crippen LogP contribution in [0, 0.1) is 5.92 Å². The molecule has 1 fully saturated rings. The molecule has 0 bridgehead atoms. The highest BCUT2D eigenvalue weighted by molar-refractivity contribution is 5.45. The van der Waals surface area contributed by atoms with Gasteiger partial charge >= 0.3 is 0 Å². The highest BCUT2D eigenvalue weighted by Gasteiger charge is 2.18. The highest BCUT2D eigenvalue weighted by atomic mass is 16.5. The lowest BCUT2D eigenvalue weighted by Gasteiger charge is -2.27. The maximum atomic E-state index is 5.77. The van der Waals surface area contributed by atoms with Gasteiger partial charge in [-0.15, -0.1) is 0 Å². The molecule has 0 atom stereocenters. The fourth-order valence-corrected chi connectivity index (χ4v) is 2.40. The number of hydrogen-bond acceptors (Lipinski definition) is 5. The minimum atomic E-state index is 0.390. The average molecular weight is 250 g/mol. The van der Waals surface area contributed by atoms with Crippen LogP contribution in [0.2, 0.25) is 0 Å². The molecule has 0 amide bonds. The number of nitrogen functional groups attached to an aromatic ring is 1. The first-order chi connectivity index (χ1) is 8.67. The summed E-state index contributed by atoms with van der Waals surface area (Å²) in [5.41, 5.74) is 5.77. The van der Waals surface area contributed by atoms with Crippen LogP contribution in [0.25, 0.3) is 0 Å². The molecule has 1 saturated carbocycles.